The van der Waals surface area contributed by atoms with Gasteiger partial charge in [-0.1, -0.05) is 13.8 Å². The summed E-state index contributed by atoms with van der Waals surface area (Å²) in [5.74, 6) is 1.11. The fourth-order valence-electron chi connectivity index (χ4n) is 1.27. The molecule has 0 aliphatic rings. The first-order chi connectivity index (χ1) is 6.15. The lowest BCUT2D eigenvalue weighted by atomic mass is 10.0. The maximum Gasteiger partial charge on any atom is 0.125 e. The van der Waals surface area contributed by atoms with Gasteiger partial charge in [0.05, 0.1) is 0 Å². The summed E-state index contributed by atoms with van der Waals surface area (Å²) in [6, 6.07) is 1.93. The molecule has 0 spiro atoms. The molecule has 1 rings (SSSR count). The van der Waals surface area contributed by atoms with Crippen LogP contribution in [0.1, 0.15) is 37.7 Å². The van der Waals surface area contributed by atoms with Gasteiger partial charge < -0.3 is 0 Å². The van der Waals surface area contributed by atoms with Gasteiger partial charge in [-0.15, -0.1) is 11.6 Å². The van der Waals surface area contributed by atoms with Gasteiger partial charge in [0.2, 0.25) is 0 Å². The highest BCUT2D eigenvalue weighted by atomic mass is 35.5. The average molecular weight is 199 g/mol. The molecule has 2 atom stereocenters. The molecule has 1 heterocycles. The summed E-state index contributed by atoms with van der Waals surface area (Å²) in [7, 11) is 0. The van der Waals surface area contributed by atoms with Crippen molar-refractivity contribution in [2.45, 2.75) is 38.5 Å². The Morgan fingerprint density at radius 3 is 2.77 bits per heavy atom. The summed E-state index contributed by atoms with van der Waals surface area (Å²) in [6.45, 7) is 6.08. The smallest absolute Gasteiger partial charge is 0.125 e. The molecule has 0 saturated heterocycles. The Kier molecular flexibility index (Phi) is 3.67. The third kappa shape index (κ3) is 2.66. The van der Waals surface area contributed by atoms with E-state index in [1.165, 1.54) is 0 Å². The lowest BCUT2D eigenvalue weighted by Gasteiger charge is -2.15. The van der Waals surface area contributed by atoms with Gasteiger partial charge in [0, 0.05) is 23.2 Å². The van der Waals surface area contributed by atoms with Crippen LogP contribution in [0.4, 0.5) is 0 Å². The van der Waals surface area contributed by atoms with Crippen molar-refractivity contribution in [1.82, 2.24) is 9.97 Å². The van der Waals surface area contributed by atoms with Crippen LogP contribution in [0.25, 0.3) is 0 Å². The molecule has 2 unspecified atom stereocenters. The van der Waals surface area contributed by atoms with Crippen molar-refractivity contribution in [2.75, 3.05) is 0 Å². The number of alkyl halides is 1. The predicted octanol–water partition coefficient (Wildman–Crippen LogP) is 2.91. The minimum Gasteiger partial charge on any atom is -0.242 e. The van der Waals surface area contributed by atoms with Gasteiger partial charge in [-0.3, -0.25) is 0 Å². The highest BCUT2D eigenvalue weighted by molar-refractivity contribution is 6.21. The number of hydrogen-bond donors (Lipinski definition) is 0. The molecule has 2 nitrogen and oxygen atoms in total. The van der Waals surface area contributed by atoms with Gasteiger partial charge in [0.25, 0.3) is 0 Å². The van der Waals surface area contributed by atoms with Crippen molar-refractivity contribution < 1.29 is 0 Å². The number of halogens is 1. The zero-order valence-electron chi connectivity index (χ0n) is 8.29. The molecule has 0 saturated carbocycles. The van der Waals surface area contributed by atoms with E-state index < -0.39 is 0 Å². The van der Waals surface area contributed by atoms with E-state index >= 15 is 0 Å². The van der Waals surface area contributed by atoms with Crippen LogP contribution in [-0.4, -0.2) is 15.3 Å². The van der Waals surface area contributed by atoms with E-state index in [1.54, 1.807) is 6.20 Å². The first kappa shape index (κ1) is 10.5. The van der Waals surface area contributed by atoms with Crippen LogP contribution < -0.4 is 0 Å². The third-order valence-corrected chi connectivity index (χ3v) is 2.88. The summed E-state index contributed by atoms with van der Waals surface area (Å²) in [4.78, 5) is 8.40. The standard InChI is InChI=1S/C10H15ClN2/c1-4-9(11)7(2)10-5-6-12-8(3)13-10/h5-7,9H,4H2,1-3H3. The van der Waals surface area contributed by atoms with Crippen molar-refractivity contribution in [3.8, 4) is 0 Å². The molecule has 3 heteroatoms. The Hall–Kier alpha value is -0.630. The zero-order chi connectivity index (χ0) is 9.84. The molecule has 13 heavy (non-hydrogen) atoms. The van der Waals surface area contributed by atoms with Crippen molar-refractivity contribution in [3.63, 3.8) is 0 Å². The Balaban J connectivity index is 2.82. The van der Waals surface area contributed by atoms with E-state index in [4.69, 9.17) is 11.6 Å². The number of nitrogens with zero attached hydrogens (tertiary/aromatic N) is 2. The van der Waals surface area contributed by atoms with Crippen LogP contribution in [0.15, 0.2) is 12.3 Å². The predicted molar refractivity (Wildman–Crippen MR) is 55.1 cm³/mol. The van der Waals surface area contributed by atoms with Gasteiger partial charge in [-0.25, -0.2) is 9.97 Å². The summed E-state index contributed by atoms with van der Waals surface area (Å²) in [5.41, 5.74) is 1.04. The van der Waals surface area contributed by atoms with Crippen LogP contribution in [0.2, 0.25) is 0 Å². The number of aromatic nitrogens is 2. The minimum atomic E-state index is 0.161. The van der Waals surface area contributed by atoms with E-state index in [9.17, 15) is 0 Å². The molecule has 72 valence electrons. The number of hydrogen-bond acceptors (Lipinski definition) is 2. The first-order valence-electron chi connectivity index (χ1n) is 4.58. The molecule has 0 aromatic carbocycles. The van der Waals surface area contributed by atoms with Gasteiger partial charge >= 0.3 is 0 Å². The molecule has 1 aromatic heterocycles. The Morgan fingerprint density at radius 1 is 1.54 bits per heavy atom. The quantitative estimate of drug-likeness (QED) is 0.698. The number of rotatable bonds is 3. The van der Waals surface area contributed by atoms with Crippen LogP contribution in [-0.2, 0) is 0 Å². The van der Waals surface area contributed by atoms with Crippen molar-refractivity contribution in [2.24, 2.45) is 0 Å². The van der Waals surface area contributed by atoms with Gasteiger partial charge in [0.1, 0.15) is 5.82 Å². The lowest BCUT2D eigenvalue weighted by molar-refractivity contribution is 0.651. The summed E-state index contributed by atoms with van der Waals surface area (Å²) >= 11 is 6.14. The van der Waals surface area contributed by atoms with Crippen molar-refractivity contribution in [3.05, 3.63) is 23.8 Å². The van der Waals surface area contributed by atoms with Crippen LogP contribution >= 0.6 is 11.6 Å². The lowest BCUT2D eigenvalue weighted by Crippen LogP contribution is -2.10. The molecule has 0 aliphatic carbocycles. The number of aryl methyl sites for hydroxylation is 1. The van der Waals surface area contributed by atoms with Crippen molar-refractivity contribution >= 4 is 11.6 Å². The molecular formula is C10H15ClN2. The Morgan fingerprint density at radius 2 is 2.23 bits per heavy atom. The summed E-state index contributed by atoms with van der Waals surface area (Å²) in [5, 5.41) is 0.161. The van der Waals surface area contributed by atoms with Crippen LogP contribution in [0, 0.1) is 6.92 Å². The van der Waals surface area contributed by atoms with Gasteiger partial charge in [0.15, 0.2) is 0 Å². The molecule has 1 aromatic rings. The topological polar surface area (TPSA) is 25.8 Å². The SMILES string of the molecule is CCC(Cl)C(C)c1ccnc(C)n1. The molecular weight excluding hydrogens is 184 g/mol. The highest BCUT2D eigenvalue weighted by Gasteiger charge is 2.15. The minimum absolute atomic E-state index is 0.161. The first-order valence-corrected chi connectivity index (χ1v) is 5.02. The van der Waals surface area contributed by atoms with E-state index in [0.29, 0.717) is 5.92 Å². The summed E-state index contributed by atoms with van der Waals surface area (Å²) in [6.07, 6.45) is 2.75. The average Bonchev–Trinajstić information content (AvgIpc) is 2.15. The van der Waals surface area contributed by atoms with Crippen molar-refractivity contribution in [1.29, 1.82) is 0 Å². The zero-order valence-corrected chi connectivity index (χ0v) is 9.04. The van der Waals surface area contributed by atoms with E-state index in [0.717, 1.165) is 17.9 Å². The van der Waals surface area contributed by atoms with E-state index in [2.05, 4.69) is 23.8 Å². The fourth-order valence-corrected chi connectivity index (χ4v) is 1.40. The second kappa shape index (κ2) is 4.56. The molecule has 0 amide bonds. The van der Waals surface area contributed by atoms with Gasteiger partial charge in [-0.2, -0.15) is 0 Å². The fraction of sp³-hybridized carbons (Fsp3) is 0.600. The monoisotopic (exact) mass is 198 g/mol. The van der Waals surface area contributed by atoms with E-state index in [-0.39, 0.29) is 5.38 Å². The molecule has 0 aliphatic heterocycles. The maximum atomic E-state index is 6.14. The Labute approximate surface area is 84.4 Å². The second-order valence-corrected chi connectivity index (χ2v) is 3.80. The Bertz CT molecular complexity index is 275. The molecule has 0 radical (unpaired) electrons. The molecule has 0 fully saturated rings. The summed E-state index contributed by atoms with van der Waals surface area (Å²) < 4.78 is 0. The van der Waals surface area contributed by atoms with Crippen LogP contribution in [0.5, 0.6) is 0 Å². The molecule has 0 N–H and O–H groups in total. The largest absolute Gasteiger partial charge is 0.242 e. The normalized spacial score (nSPS) is 15.4. The molecule has 0 bridgehead atoms. The third-order valence-electron chi connectivity index (χ3n) is 2.20. The highest BCUT2D eigenvalue weighted by Crippen LogP contribution is 2.23. The van der Waals surface area contributed by atoms with Crippen LogP contribution in [0.3, 0.4) is 0 Å². The van der Waals surface area contributed by atoms with Gasteiger partial charge in [-0.05, 0) is 19.4 Å². The van der Waals surface area contributed by atoms with E-state index in [1.807, 2.05) is 13.0 Å². The maximum absolute atomic E-state index is 6.14. The second-order valence-electron chi connectivity index (χ2n) is 3.24.